The average Bonchev–Trinajstić information content (AvgIpc) is 2.94. The zero-order valence-electron chi connectivity index (χ0n) is 11.5. The van der Waals surface area contributed by atoms with Gasteiger partial charge in [-0.25, -0.2) is 0 Å². The maximum Gasteiger partial charge on any atom is 0.239 e. The van der Waals surface area contributed by atoms with Crippen molar-refractivity contribution in [3.05, 3.63) is 52.4 Å². The van der Waals surface area contributed by atoms with E-state index in [9.17, 15) is 9.59 Å². The quantitative estimate of drug-likeness (QED) is 0.805. The predicted octanol–water partition coefficient (Wildman–Crippen LogP) is 2.78. The van der Waals surface area contributed by atoms with Crippen LogP contribution in [0.25, 0.3) is 0 Å². The fraction of sp³-hybridized carbons (Fsp3) is 0.200. The molecule has 0 bridgehead atoms. The second-order valence-corrected chi connectivity index (χ2v) is 4.87. The number of benzene rings is 1. The summed E-state index contributed by atoms with van der Waals surface area (Å²) in [7, 11) is 0. The molecule has 0 saturated carbocycles. The fourth-order valence-corrected chi connectivity index (χ4v) is 1.95. The number of carbonyl (C=O) groups excluding carboxylic acids is 2. The minimum atomic E-state index is -0.182. The summed E-state index contributed by atoms with van der Waals surface area (Å²) in [5, 5.41) is 6.37. The van der Waals surface area contributed by atoms with Crippen molar-refractivity contribution < 1.29 is 14.0 Å². The van der Waals surface area contributed by atoms with Gasteiger partial charge in [0.15, 0.2) is 12.0 Å². The Morgan fingerprint density at radius 2 is 2.14 bits per heavy atom. The Balaban J connectivity index is 1.82. The Hall–Kier alpha value is -2.27. The molecular weight excluding hydrogens is 292 g/mol. The summed E-state index contributed by atoms with van der Waals surface area (Å²) in [6.07, 6.45) is 0.620. The molecule has 21 heavy (non-hydrogen) atoms. The highest BCUT2D eigenvalue weighted by Gasteiger charge is 2.06. The lowest BCUT2D eigenvalue weighted by molar-refractivity contribution is -0.119. The predicted molar refractivity (Wildman–Crippen MR) is 80.6 cm³/mol. The molecule has 1 aromatic carbocycles. The van der Waals surface area contributed by atoms with Crippen molar-refractivity contribution in [3.8, 4) is 0 Å². The van der Waals surface area contributed by atoms with Crippen LogP contribution in [0.3, 0.4) is 0 Å². The Labute approximate surface area is 127 Å². The molecule has 110 valence electrons. The van der Waals surface area contributed by atoms with Gasteiger partial charge in [-0.05, 0) is 36.8 Å². The molecule has 2 rings (SSSR count). The van der Waals surface area contributed by atoms with Crippen molar-refractivity contribution in [1.29, 1.82) is 0 Å². The second kappa shape index (κ2) is 6.95. The van der Waals surface area contributed by atoms with E-state index in [2.05, 4.69) is 10.6 Å². The van der Waals surface area contributed by atoms with Gasteiger partial charge in [-0.2, -0.15) is 0 Å². The molecule has 0 fully saturated rings. The smallest absolute Gasteiger partial charge is 0.239 e. The number of aldehydes is 1. The molecule has 0 spiro atoms. The molecule has 0 aliphatic heterocycles. The third-order valence-corrected chi connectivity index (χ3v) is 3.37. The van der Waals surface area contributed by atoms with Crippen LogP contribution in [0.1, 0.15) is 21.9 Å². The Kier molecular flexibility index (Phi) is 5.00. The summed E-state index contributed by atoms with van der Waals surface area (Å²) in [6.45, 7) is 2.25. The molecule has 5 nitrogen and oxygen atoms in total. The minimum absolute atomic E-state index is 0.127. The summed E-state index contributed by atoms with van der Waals surface area (Å²) in [5.74, 6) is 0.592. The number of nitrogens with one attached hydrogen (secondary N) is 2. The van der Waals surface area contributed by atoms with Gasteiger partial charge in [-0.15, -0.1) is 0 Å². The molecule has 1 aromatic heterocycles. The van der Waals surface area contributed by atoms with E-state index >= 15 is 0 Å². The topological polar surface area (TPSA) is 71.3 Å². The van der Waals surface area contributed by atoms with Gasteiger partial charge in [0.2, 0.25) is 5.91 Å². The normalized spacial score (nSPS) is 10.2. The van der Waals surface area contributed by atoms with Gasteiger partial charge in [0.25, 0.3) is 0 Å². The zero-order valence-corrected chi connectivity index (χ0v) is 12.2. The van der Waals surface area contributed by atoms with Gasteiger partial charge in [-0.1, -0.05) is 17.7 Å². The lowest BCUT2D eigenvalue weighted by Crippen LogP contribution is -2.29. The van der Waals surface area contributed by atoms with E-state index in [1.807, 2.05) is 19.1 Å². The van der Waals surface area contributed by atoms with Gasteiger partial charge in [0, 0.05) is 10.7 Å². The van der Waals surface area contributed by atoms with E-state index in [0.29, 0.717) is 17.1 Å². The number of anilines is 1. The molecule has 0 radical (unpaired) electrons. The first-order chi connectivity index (χ1) is 10.1. The fourth-order valence-electron chi connectivity index (χ4n) is 1.78. The van der Waals surface area contributed by atoms with Crippen molar-refractivity contribution >= 4 is 29.5 Å². The Morgan fingerprint density at radius 3 is 2.86 bits per heavy atom. The molecule has 2 N–H and O–H groups in total. The molecule has 0 aliphatic carbocycles. The molecular formula is C15H15ClN2O3. The first kappa shape index (κ1) is 15.1. The summed E-state index contributed by atoms with van der Waals surface area (Å²) in [6, 6.07) is 8.68. The van der Waals surface area contributed by atoms with Gasteiger partial charge >= 0.3 is 0 Å². The van der Waals surface area contributed by atoms with Crippen LogP contribution in [0.4, 0.5) is 5.69 Å². The highest BCUT2D eigenvalue weighted by Crippen LogP contribution is 2.22. The van der Waals surface area contributed by atoms with Gasteiger partial charge < -0.3 is 15.1 Å². The van der Waals surface area contributed by atoms with Crippen molar-refractivity contribution in [2.75, 3.05) is 11.9 Å². The number of halogens is 1. The SMILES string of the molecule is Cc1c(Cl)cccc1NCC(=O)NCc1ccc(C=O)o1. The summed E-state index contributed by atoms with van der Waals surface area (Å²) in [4.78, 5) is 22.2. The maximum atomic E-state index is 11.7. The van der Waals surface area contributed by atoms with Gasteiger partial charge in [-0.3, -0.25) is 9.59 Å². The molecule has 0 saturated heterocycles. The Bertz CT molecular complexity index is 652. The largest absolute Gasteiger partial charge is 0.456 e. The molecule has 0 atom stereocenters. The van der Waals surface area contributed by atoms with Crippen molar-refractivity contribution in [2.24, 2.45) is 0 Å². The summed E-state index contributed by atoms with van der Waals surface area (Å²) >= 11 is 6.00. The summed E-state index contributed by atoms with van der Waals surface area (Å²) in [5.41, 5.74) is 1.72. The maximum absolute atomic E-state index is 11.7. The van der Waals surface area contributed by atoms with Crippen LogP contribution in [-0.2, 0) is 11.3 Å². The van der Waals surface area contributed by atoms with Crippen LogP contribution in [0.5, 0.6) is 0 Å². The van der Waals surface area contributed by atoms with Crippen LogP contribution in [0.2, 0.25) is 5.02 Å². The van der Waals surface area contributed by atoms with E-state index in [0.717, 1.165) is 11.3 Å². The van der Waals surface area contributed by atoms with Crippen LogP contribution in [-0.4, -0.2) is 18.7 Å². The number of amides is 1. The third kappa shape index (κ3) is 4.10. The highest BCUT2D eigenvalue weighted by molar-refractivity contribution is 6.31. The monoisotopic (exact) mass is 306 g/mol. The number of carbonyl (C=O) groups is 2. The zero-order chi connectivity index (χ0) is 15.2. The highest BCUT2D eigenvalue weighted by atomic mass is 35.5. The van der Waals surface area contributed by atoms with Crippen LogP contribution < -0.4 is 10.6 Å². The molecule has 6 heteroatoms. The van der Waals surface area contributed by atoms with Crippen LogP contribution in [0, 0.1) is 6.92 Å². The number of rotatable bonds is 6. The van der Waals surface area contributed by atoms with Crippen LogP contribution in [0.15, 0.2) is 34.7 Å². The van der Waals surface area contributed by atoms with Crippen molar-refractivity contribution in [3.63, 3.8) is 0 Å². The van der Waals surface area contributed by atoms with Crippen molar-refractivity contribution in [1.82, 2.24) is 5.32 Å². The van der Waals surface area contributed by atoms with Crippen LogP contribution >= 0.6 is 11.6 Å². The van der Waals surface area contributed by atoms with Gasteiger partial charge in [0.05, 0.1) is 13.1 Å². The molecule has 1 heterocycles. The Morgan fingerprint density at radius 1 is 1.33 bits per heavy atom. The van der Waals surface area contributed by atoms with E-state index in [4.69, 9.17) is 16.0 Å². The van der Waals surface area contributed by atoms with E-state index < -0.39 is 0 Å². The van der Waals surface area contributed by atoms with E-state index in [-0.39, 0.29) is 24.8 Å². The first-order valence-corrected chi connectivity index (χ1v) is 6.77. The third-order valence-electron chi connectivity index (χ3n) is 2.97. The molecule has 0 aliphatic rings. The lowest BCUT2D eigenvalue weighted by Gasteiger charge is -2.10. The number of hydrogen-bond acceptors (Lipinski definition) is 4. The van der Waals surface area contributed by atoms with Crippen molar-refractivity contribution in [2.45, 2.75) is 13.5 Å². The molecule has 2 aromatic rings. The molecule has 1 amide bonds. The number of furan rings is 1. The lowest BCUT2D eigenvalue weighted by atomic mass is 10.2. The standard InChI is InChI=1S/C15H15ClN2O3/c1-10-13(16)3-2-4-14(10)17-8-15(20)18-7-11-5-6-12(9-19)21-11/h2-6,9,17H,7-8H2,1H3,(H,18,20). The first-order valence-electron chi connectivity index (χ1n) is 6.39. The average molecular weight is 307 g/mol. The molecule has 0 unspecified atom stereocenters. The van der Waals surface area contributed by atoms with Gasteiger partial charge in [0.1, 0.15) is 5.76 Å². The summed E-state index contributed by atoms with van der Waals surface area (Å²) < 4.78 is 5.16. The second-order valence-electron chi connectivity index (χ2n) is 4.46. The number of hydrogen-bond donors (Lipinski definition) is 2. The van der Waals surface area contributed by atoms with E-state index in [1.165, 1.54) is 0 Å². The van der Waals surface area contributed by atoms with E-state index in [1.54, 1.807) is 18.2 Å². The minimum Gasteiger partial charge on any atom is -0.456 e.